The van der Waals surface area contributed by atoms with Gasteiger partial charge in [-0.2, -0.15) is 0 Å². The average molecular weight is 322 g/mol. The molecule has 19 heavy (non-hydrogen) atoms. The van der Waals surface area contributed by atoms with Crippen LogP contribution in [0.25, 0.3) is 0 Å². The first-order chi connectivity index (χ1) is 9.20. The van der Waals surface area contributed by atoms with Gasteiger partial charge in [0.1, 0.15) is 0 Å². The van der Waals surface area contributed by atoms with Crippen molar-refractivity contribution in [2.45, 2.75) is 25.8 Å². The van der Waals surface area contributed by atoms with E-state index >= 15 is 0 Å². The van der Waals surface area contributed by atoms with Gasteiger partial charge in [0, 0.05) is 17.7 Å². The minimum absolute atomic E-state index is 0.314. The summed E-state index contributed by atoms with van der Waals surface area (Å²) >= 11 is 3.47. The maximum atomic E-state index is 4.22. The molecule has 1 N–H and O–H groups in total. The molecule has 0 aliphatic heterocycles. The van der Waals surface area contributed by atoms with Gasteiger partial charge in [0.05, 0.1) is 18.1 Å². The van der Waals surface area contributed by atoms with Crippen LogP contribution in [-0.2, 0) is 13.5 Å². The van der Waals surface area contributed by atoms with Crippen molar-refractivity contribution in [1.82, 2.24) is 14.9 Å². The first-order valence-electron chi connectivity index (χ1n) is 6.64. The number of benzene rings is 1. The molecule has 1 aromatic carbocycles. The van der Waals surface area contributed by atoms with E-state index in [1.807, 2.05) is 19.6 Å². The molecule has 1 unspecified atom stereocenters. The summed E-state index contributed by atoms with van der Waals surface area (Å²) < 4.78 is 3.21. The SMILES string of the molecule is CCCNC(Cc1ccc(Br)cc1)c1cncn1C. The Bertz CT molecular complexity index is 504. The third kappa shape index (κ3) is 3.91. The number of nitrogens with one attached hydrogen (secondary N) is 1. The number of rotatable bonds is 6. The number of aryl methyl sites for hydroxylation is 1. The summed E-state index contributed by atoms with van der Waals surface area (Å²) in [6.45, 7) is 3.21. The topological polar surface area (TPSA) is 29.9 Å². The molecule has 0 bridgehead atoms. The fraction of sp³-hybridized carbons (Fsp3) is 0.400. The number of imidazole rings is 1. The summed E-state index contributed by atoms with van der Waals surface area (Å²) in [5, 5.41) is 3.60. The van der Waals surface area contributed by atoms with E-state index in [-0.39, 0.29) is 0 Å². The number of aromatic nitrogens is 2. The smallest absolute Gasteiger partial charge is 0.0946 e. The third-order valence-corrected chi connectivity index (χ3v) is 3.73. The Labute approximate surface area is 123 Å². The van der Waals surface area contributed by atoms with Crippen molar-refractivity contribution in [3.8, 4) is 0 Å². The maximum absolute atomic E-state index is 4.22. The fourth-order valence-electron chi connectivity index (χ4n) is 2.16. The Balaban J connectivity index is 2.14. The van der Waals surface area contributed by atoms with Crippen LogP contribution in [0.1, 0.15) is 30.6 Å². The Kier molecular flexibility index (Phi) is 5.16. The van der Waals surface area contributed by atoms with Crippen LogP contribution >= 0.6 is 15.9 Å². The molecule has 0 aliphatic rings. The van der Waals surface area contributed by atoms with Gasteiger partial charge in [-0.25, -0.2) is 4.98 Å². The van der Waals surface area contributed by atoms with Gasteiger partial charge < -0.3 is 9.88 Å². The van der Waals surface area contributed by atoms with Crippen LogP contribution in [0.5, 0.6) is 0 Å². The molecule has 0 saturated heterocycles. The second kappa shape index (κ2) is 6.87. The molecule has 102 valence electrons. The lowest BCUT2D eigenvalue weighted by atomic mass is 10.0. The first kappa shape index (κ1) is 14.3. The van der Waals surface area contributed by atoms with Crippen molar-refractivity contribution in [2.24, 2.45) is 7.05 Å². The van der Waals surface area contributed by atoms with Crippen molar-refractivity contribution < 1.29 is 0 Å². The molecule has 3 nitrogen and oxygen atoms in total. The number of hydrogen-bond acceptors (Lipinski definition) is 2. The molecule has 0 saturated carbocycles. The van der Waals surface area contributed by atoms with Gasteiger partial charge in [0.15, 0.2) is 0 Å². The molecule has 1 heterocycles. The molecule has 1 aromatic heterocycles. The zero-order chi connectivity index (χ0) is 13.7. The second-order valence-corrected chi connectivity index (χ2v) is 5.68. The first-order valence-corrected chi connectivity index (χ1v) is 7.44. The van der Waals surface area contributed by atoms with Crippen molar-refractivity contribution >= 4 is 15.9 Å². The molecule has 0 fully saturated rings. The van der Waals surface area contributed by atoms with Crippen LogP contribution < -0.4 is 5.32 Å². The lowest BCUT2D eigenvalue weighted by Gasteiger charge is -2.19. The van der Waals surface area contributed by atoms with E-state index in [1.165, 1.54) is 11.3 Å². The predicted molar refractivity (Wildman–Crippen MR) is 82.1 cm³/mol. The Morgan fingerprint density at radius 1 is 1.32 bits per heavy atom. The average Bonchev–Trinajstić information content (AvgIpc) is 2.83. The van der Waals surface area contributed by atoms with E-state index in [1.54, 1.807) is 0 Å². The molecule has 0 spiro atoms. The van der Waals surface area contributed by atoms with E-state index in [4.69, 9.17) is 0 Å². The second-order valence-electron chi connectivity index (χ2n) is 4.77. The Morgan fingerprint density at radius 2 is 2.05 bits per heavy atom. The van der Waals surface area contributed by atoms with Gasteiger partial charge in [-0.05, 0) is 37.1 Å². The summed E-state index contributed by atoms with van der Waals surface area (Å²) in [5.74, 6) is 0. The largest absolute Gasteiger partial charge is 0.336 e. The fourth-order valence-corrected chi connectivity index (χ4v) is 2.42. The molecular formula is C15H20BrN3. The van der Waals surface area contributed by atoms with E-state index in [2.05, 4.69) is 62.0 Å². The van der Waals surface area contributed by atoms with Crippen LogP contribution in [-0.4, -0.2) is 16.1 Å². The van der Waals surface area contributed by atoms with Crippen LogP contribution in [0.3, 0.4) is 0 Å². The summed E-state index contributed by atoms with van der Waals surface area (Å²) in [4.78, 5) is 4.22. The van der Waals surface area contributed by atoms with E-state index < -0.39 is 0 Å². The Morgan fingerprint density at radius 3 is 2.63 bits per heavy atom. The Hall–Kier alpha value is -1.13. The quantitative estimate of drug-likeness (QED) is 0.883. The highest BCUT2D eigenvalue weighted by molar-refractivity contribution is 9.10. The van der Waals surface area contributed by atoms with Crippen LogP contribution in [0, 0.1) is 0 Å². The van der Waals surface area contributed by atoms with E-state index in [0.29, 0.717) is 6.04 Å². The molecule has 4 heteroatoms. The van der Waals surface area contributed by atoms with Crippen molar-refractivity contribution in [1.29, 1.82) is 0 Å². The molecule has 0 aliphatic carbocycles. The molecule has 2 aromatic rings. The molecule has 0 radical (unpaired) electrons. The number of nitrogens with zero attached hydrogens (tertiary/aromatic N) is 2. The molecule has 2 rings (SSSR count). The summed E-state index contributed by atoms with van der Waals surface area (Å²) in [6.07, 6.45) is 5.92. The van der Waals surface area contributed by atoms with Gasteiger partial charge in [0.2, 0.25) is 0 Å². The normalized spacial score (nSPS) is 12.6. The van der Waals surface area contributed by atoms with Gasteiger partial charge in [-0.3, -0.25) is 0 Å². The minimum atomic E-state index is 0.314. The summed E-state index contributed by atoms with van der Waals surface area (Å²) in [7, 11) is 2.05. The molecular weight excluding hydrogens is 302 g/mol. The number of halogens is 1. The highest BCUT2D eigenvalue weighted by Gasteiger charge is 2.14. The van der Waals surface area contributed by atoms with Crippen molar-refractivity contribution in [2.75, 3.05) is 6.54 Å². The van der Waals surface area contributed by atoms with Crippen LogP contribution in [0.4, 0.5) is 0 Å². The molecule has 0 amide bonds. The highest BCUT2D eigenvalue weighted by atomic mass is 79.9. The maximum Gasteiger partial charge on any atom is 0.0946 e. The number of hydrogen-bond donors (Lipinski definition) is 1. The van der Waals surface area contributed by atoms with Gasteiger partial charge >= 0.3 is 0 Å². The van der Waals surface area contributed by atoms with E-state index in [9.17, 15) is 0 Å². The van der Waals surface area contributed by atoms with Crippen LogP contribution in [0.2, 0.25) is 0 Å². The standard InChI is InChI=1S/C15H20BrN3/c1-3-8-18-14(15-10-17-11-19(15)2)9-12-4-6-13(16)7-5-12/h4-7,10-11,14,18H,3,8-9H2,1-2H3. The minimum Gasteiger partial charge on any atom is -0.336 e. The van der Waals surface area contributed by atoms with Gasteiger partial charge in [-0.1, -0.05) is 35.0 Å². The third-order valence-electron chi connectivity index (χ3n) is 3.20. The zero-order valence-electron chi connectivity index (χ0n) is 11.4. The predicted octanol–water partition coefficient (Wildman–Crippen LogP) is 3.47. The van der Waals surface area contributed by atoms with Crippen LogP contribution in [0.15, 0.2) is 41.3 Å². The lowest BCUT2D eigenvalue weighted by Crippen LogP contribution is -2.25. The zero-order valence-corrected chi connectivity index (χ0v) is 13.0. The highest BCUT2D eigenvalue weighted by Crippen LogP contribution is 2.19. The summed E-state index contributed by atoms with van der Waals surface area (Å²) in [6, 6.07) is 8.83. The van der Waals surface area contributed by atoms with E-state index in [0.717, 1.165) is 23.9 Å². The summed E-state index contributed by atoms with van der Waals surface area (Å²) in [5.41, 5.74) is 2.56. The lowest BCUT2D eigenvalue weighted by molar-refractivity contribution is 0.504. The monoisotopic (exact) mass is 321 g/mol. The molecule has 1 atom stereocenters. The van der Waals surface area contributed by atoms with Crippen molar-refractivity contribution in [3.63, 3.8) is 0 Å². The van der Waals surface area contributed by atoms with Gasteiger partial charge in [-0.15, -0.1) is 0 Å². The van der Waals surface area contributed by atoms with Gasteiger partial charge in [0.25, 0.3) is 0 Å². The van der Waals surface area contributed by atoms with Crippen molar-refractivity contribution in [3.05, 3.63) is 52.5 Å².